The third-order valence-electron chi connectivity index (χ3n) is 7.35. The zero-order valence-corrected chi connectivity index (χ0v) is 17.8. The second-order valence-electron chi connectivity index (χ2n) is 10.0. The van der Waals surface area contributed by atoms with Crippen molar-refractivity contribution >= 4 is 17.6 Å². The van der Waals surface area contributed by atoms with Gasteiger partial charge in [0.15, 0.2) is 0 Å². The fourth-order valence-corrected chi connectivity index (χ4v) is 6.43. The Morgan fingerprint density at radius 1 is 1.00 bits per heavy atom. The smallest absolute Gasteiger partial charge is 0.313 e. The molecule has 6 rings (SSSR count). The number of aryl methyl sites for hydroxylation is 1. The van der Waals surface area contributed by atoms with E-state index >= 15 is 0 Å². The first-order valence-corrected chi connectivity index (χ1v) is 11.2. The summed E-state index contributed by atoms with van der Waals surface area (Å²) in [5, 5.41) is 13.9. The molecule has 0 aliphatic heterocycles. The number of aliphatic hydroxyl groups is 1. The van der Waals surface area contributed by atoms with Gasteiger partial charge in [0.05, 0.1) is 11.0 Å². The van der Waals surface area contributed by atoms with Crippen LogP contribution in [0.1, 0.15) is 55.8 Å². The van der Waals surface area contributed by atoms with Crippen LogP contribution in [0.4, 0.5) is 5.69 Å². The standard InChI is InChI=1S/C26H29NO4/c1-17-7-9-21(10-8-17)27-23(28)22(20-5-3-2-4-6-20)31-24(29)25-12-18-11-19(13-25)15-26(30,14-18)16-25/h2-10,18-19,22,30H,11-16H2,1H3,(H,27,28)/t18-,19-,22+,25?,26?/m1/s1. The molecule has 0 heterocycles. The molecule has 2 aromatic carbocycles. The van der Waals surface area contributed by atoms with Crippen molar-refractivity contribution in [3.63, 3.8) is 0 Å². The summed E-state index contributed by atoms with van der Waals surface area (Å²) in [4.78, 5) is 26.7. The molecule has 31 heavy (non-hydrogen) atoms. The van der Waals surface area contributed by atoms with E-state index in [9.17, 15) is 14.7 Å². The number of carbonyl (C=O) groups is 2. The molecule has 4 saturated carbocycles. The van der Waals surface area contributed by atoms with Crippen molar-refractivity contribution in [1.29, 1.82) is 0 Å². The van der Waals surface area contributed by atoms with Gasteiger partial charge in [0.2, 0.25) is 6.10 Å². The molecule has 2 aromatic rings. The van der Waals surface area contributed by atoms with Crippen LogP contribution in [0.3, 0.4) is 0 Å². The Labute approximate surface area is 182 Å². The number of ether oxygens (including phenoxy) is 1. The van der Waals surface area contributed by atoms with E-state index in [-0.39, 0.29) is 11.9 Å². The summed E-state index contributed by atoms with van der Waals surface area (Å²) < 4.78 is 5.96. The number of hydrogen-bond acceptors (Lipinski definition) is 4. The summed E-state index contributed by atoms with van der Waals surface area (Å²) in [7, 11) is 0. The second-order valence-corrected chi connectivity index (χ2v) is 10.0. The van der Waals surface area contributed by atoms with Gasteiger partial charge in [-0.05, 0) is 69.4 Å². The summed E-state index contributed by atoms with van der Waals surface area (Å²) in [6.45, 7) is 1.99. The number of anilines is 1. The summed E-state index contributed by atoms with van der Waals surface area (Å²) in [6, 6.07) is 16.7. The normalized spacial score (nSPS) is 31.8. The molecule has 162 valence electrons. The Hall–Kier alpha value is -2.66. The zero-order chi connectivity index (χ0) is 21.6. The highest BCUT2D eigenvalue weighted by atomic mass is 16.5. The molecule has 5 heteroatoms. The first-order chi connectivity index (χ1) is 14.8. The molecule has 0 radical (unpaired) electrons. The van der Waals surface area contributed by atoms with Crippen LogP contribution in [-0.4, -0.2) is 22.6 Å². The molecule has 0 unspecified atom stereocenters. The molecule has 0 aromatic heterocycles. The second kappa shape index (κ2) is 7.49. The summed E-state index contributed by atoms with van der Waals surface area (Å²) in [5.41, 5.74) is 0.982. The highest BCUT2D eigenvalue weighted by Crippen LogP contribution is 2.62. The maximum atomic E-state index is 13.5. The Morgan fingerprint density at radius 3 is 2.26 bits per heavy atom. The number of nitrogens with one attached hydrogen (secondary N) is 1. The minimum Gasteiger partial charge on any atom is -0.447 e. The maximum Gasteiger partial charge on any atom is 0.313 e. The van der Waals surface area contributed by atoms with Gasteiger partial charge in [0, 0.05) is 11.3 Å². The summed E-state index contributed by atoms with van der Waals surface area (Å²) in [5.74, 6) is 0.0329. The van der Waals surface area contributed by atoms with E-state index in [1.807, 2.05) is 49.4 Å². The Bertz CT molecular complexity index is 970. The van der Waals surface area contributed by atoms with E-state index in [1.54, 1.807) is 12.1 Å². The number of hydrogen-bond donors (Lipinski definition) is 2. The van der Waals surface area contributed by atoms with Crippen LogP contribution in [0.25, 0.3) is 0 Å². The Morgan fingerprint density at radius 2 is 1.65 bits per heavy atom. The van der Waals surface area contributed by atoms with Crippen molar-refractivity contribution in [3.8, 4) is 0 Å². The zero-order valence-electron chi connectivity index (χ0n) is 17.8. The van der Waals surface area contributed by atoms with Gasteiger partial charge in [-0.2, -0.15) is 0 Å². The first-order valence-electron chi connectivity index (χ1n) is 11.2. The molecule has 3 atom stereocenters. The van der Waals surface area contributed by atoms with Crippen LogP contribution in [0.5, 0.6) is 0 Å². The largest absolute Gasteiger partial charge is 0.447 e. The van der Waals surface area contributed by atoms with Gasteiger partial charge in [0.25, 0.3) is 5.91 Å². The number of benzene rings is 2. The van der Waals surface area contributed by atoms with Crippen molar-refractivity contribution in [2.75, 3.05) is 5.32 Å². The monoisotopic (exact) mass is 419 g/mol. The van der Waals surface area contributed by atoms with E-state index < -0.39 is 17.1 Å². The lowest BCUT2D eigenvalue weighted by Crippen LogP contribution is -2.58. The number of esters is 1. The number of amides is 1. The molecule has 5 nitrogen and oxygen atoms in total. The van der Waals surface area contributed by atoms with Gasteiger partial charge in [-0.15, -0.1) is 0 Å². The SMILES string of the molecule is Cc1ccc(NC(=O)[C@@H](OC(=O)C23C[C@H]4C[C@@H](CC(O)(C4)C2)C3)c2ccccc2)cc1. The van der Waals surface area contributed by atoms with Crippen LogP contribution in [0.2, 0.25) is 0 Å². The summed E-state index contributed by atoms with van der Waals surface area (Å²) >= 11 is 0. The average molecular weight is 420 g/mol. The third kappa shape index (κ3) is 3.87. The lowest BCUT2D eigenvalue weighted by Gasteiger charge is -2.58. The lowest BCUT2D eigenvalue weighted by molar-refractivity contribution is -0.200. The maximum absolute atomic E-state index is 13.5. The van der Waals surface area contributed by atoms with Gasteiger partial charge in [-0.1, -0.05) is 48.0 Å². The molecule has 0 saturated heterocycles. The molecule has 4 bridgehead atoms. The van der Waals surface area contributed by atoms with Crippen molar-refractivity contribution in [3.05, 3.63) is 65.7 Å². The van der Waals surface area contributed by atoms with Crippen LogP contribution in [0, 0.1) is 24.2 Å². The fourth-order valence-electron chi connectivity index (χ4n) is 6.43. The molecule has 1 amide bonds. The molecule has 4 aliphatic rings. The highest BCUT2D eigenvalue weighted by molar-refractivity contribution is 5.96. The Balaban J connectivity index is 1.39. The van der Waals surface area contributed by atoms with Crippen molar-refractivity contribution in [1.82, 2.24) is 0 Å². The Kier molecular flexibility index (Phi) is 4.89. The minimum absolute atomic E-state index is 0.340. The van der Waals surface area contributed by atoms with Crippen LogP contribution in [-0.2, 0) is 14.3 Å². The van der Waals surface area contributed by atoms with Gasteiger partial charge in [0.1, 0.15) is 0 Å². The first kappa shape index (κ1) is 20.3. The van der Waals surface area contributed by atoms with E-state index in [0.29, 0.717) is 29.5 Å². The summed E-state index contributed by atoms with van der Waals surface area (Å²) in [6.07, 6.45) is 3.60. The van der Waals surface area contributed by atoms with Crippen LogP contribution >= 0.6 is 0 Å². The molecule has 0 spiro atoms. The lowest BCUT2D eigenvalue weighted by atomic mass is 9.48. The quantitative estimate of drug-likeness (QED) is 0.697. The third-order valence-corrected chi connectivity index (χ3v) is 7.35. The van der Waals surface area contributed by atoms with Gasteiger partial charge < -0.3 is 15.2 Å². The van der Waals surface area contributed by atoms with E-state index in [0.717, 1.165) is 37.7 Å². The molecule has 4 aliphatic carbocycles. The molecule has 4 fully saturated rings. The number of rotatable bonds is 5. The van der Waals surface area contributed by atoms with Gasteiger partial charge >= 0.3 is 5.97 Å². The van der Waals surface area contributed by atoms with Gasteiger partial charge in [-0.25, -0.2) is 0 Å². The van der Waals surface area contributed by atoms with Crippen LogP contribution < -0.4 is 5.32 Å². The minimum atomic E-state index is -1.03. The van der Waals surface area contributed by atoms with E-state index in [2.05, 4.69) is 5.32 Å². The van der Waals surface area contributed by atoms with Crippen molar-refractivity contribution < 1.29 is 19.4 Å². The predicted molar refractivity (Wildman–Crippen MR) is 117 cm³/mol. The topological polar surface area (TPSA) is 75.6 Å². The average Bonchev–Trinajstić information content (AvgIpc) is 2.72. The van der Waals surface area contributed by atoms with Gasteiger partial charge in [-0.3, -0.25) is 9.59 Å². The molecular weight excluding hydrogens is 390 g/mol. The predicted octanol–water partition coefficient (Wildman–Crippen LogP) is 4.55. The fraction of sp³-hybridized carbons (Fsp3) is 0.462. The molecular formula is C26H29NO4. The number of carbonyl (C=O) groups excluding carboxylic acids is 2. The van der Waals surface area contributed by atoms with Crippen molar-refractivity contribution in [2.45, 2.75) is 57.2 Å². The van der Waals surface area contributed by atoms with Crippen molar-refractivity contribution in [2.24, 2.45) is 17.3 Å². The van der Waals surface area contributed by atoms with E-state index in [1.165, 1.54) is 0 Å². The van der Waals surface area contributed by atoms with Crippen LogP contribution in [0.15, 0.2) is 54.6 Å². The molecule has 2 N–H and O–H groups in total. The highest BCUT2D eigenvalue weighted by Gasteiger charge is 2.61. The van der Waals surface area contributed by atoms with E-state index in [4.69, 9.17) is 4.74 Å².